The molecule has 1 aliphatic rings. The first-order valence-corrected chi connectivity index (χ1v) is 7.92. The number of nitrogens with zero attached hydrogens (tertiary/aromatic N) is 2. The molecule has 0 radical (unpaired) electrons. The Kier molecular flexibility index (Phi) is 3.43. The highest BCUT2D eigenvalue weighted by Crippen LogP contribution is 2.39. The highest BCUT2D eigenvalue weighted by molar-refractivity contribution is 7.99. The van der Waals surface area contributed by atoms with Gasteiger partial charge in [0.15, 0.2) is 4.77 Å². The second kappa shape index (κ2) is 5.05. The van der Waals surface area contributed by atoms with Gasteiger partial charge in [0.05, 0.1) is 17.2 Å². The largest absolute Gasteiger partial charge is 0.329 e. The summed E-state index contributed by atoms with van der Waals surface area (Å²) in [5, 5.41) is 0.703. The molecule has 0 aliphatic heterocycles. The molecule has 2 aromatic heterocycles. The maximum absolute atomic E-state index is 5.50. The lowest BCUT2D eigenvalue weighted by Crippen LogP contribution is -2.16. The van der Waals surface area contributed by atoms with Gasteiger partial charge in [0.25, 0.3) is 0 Å². The topological polar surface area (TPSA) is 33.6 Å². The van der Waals surface area contributed by atoms with Crippen molar-refractivity contribution in [2.24, 2.45) is 0 Å². The molecular weight excluding hydrogens is 262 g/mol. The summed E-state index contributed by atoms with van der Waals surface area (Å²) < 4.78 is 3.15. The van der Waals surface area contributed by atoms with E-state index in [4.69, 9.17) is 12.2 Å². The number of hydrogen-bond acceptors (Lipinski definition) is 3. The minimum absolute atomic E-state index is 0.540. The molecule has 1 fully saturated rings. The van der Waals surface area contributed by atoms with E-state index in [0.29, 0.717) is 11.3 Å². The Hall–Kier alpha value is -0.810. The Morgan fingerprint density at radius 2 is 2.44 bits per heavy atom. The standard InChI is InChI=1S/C13H17N3S2/c1-2-18-12-5-3-4-11(12)16-10-6-7-14-8-9(10)15-13(16)17/h6-8,11-12H,2-5H2,1H3,(H,15,17). The minimum atomic E-state index is 0.540. The van der Waals surface area contributed by atoms with Gasteiger partial charge in [-0.05, 0) is 36.9 Å². The lowest BCUT2D eigenvalue weighted by Gasteiger charge is -2.21. The molecule has 18 heavy (non-hydrogen) atoms. The zero-order chi connectivity index (χ0) is 12.5. The van der Waals surface area contributed by atoms with Gasteiger partial charge in [-0.2, -0.15) is 11.8 Å². The van der Waals surface area contributed by atoms with Gasteiger partial charge < -0.3 is 9.55 Å². The van der Waals surface area contributed by atoms with Gasteiger partial charge >= 0.3 is 0 Å². The summed E-state index contributed by atoms with van der Waals surface area (Å²) in [7, 11) is 0. The van der Waals surface area contributed by atoms with Crippen molar-refractivity contribution in [2.75, 3.05) is 5.75 Å². The molecule has 1 aliphatic carbocycles. The average molecular weight is 279 g/mol. The van der Waals surface area contributed by atoms with Gasteiger partial charge in [-0.25, -0.2) is 0 Å². The van der Waals surface area contributed by atoms with E-state index >= 15 is 0 Å². The second-order valence-electron chi connectivity index (χ2n) is 4.69. The first-order chi connectivity index (χ1) is 8.81. The number of rotatable bonds is 3. The van der Waals surface area contributed by atoms with Gasteiger partial charge in [-0.3, -0.25) is 4.98 Å². The molecule has 0 spiro atoms. The number of thioether (sulfide) groups is 1. The van der Waals surface area contributed by atoms with Crippen LogP contribution in [0, 0.1) is 4.77 Å². The van der Waals surface area contributed by atoms with Gasteiger partial charge in [-0.1, -0.05) is 13.3 Å². The lowest BCUT2D eigenvalue weighted by atomic mass is 10.2. The third kappa shape index (κ3) is 1.99. The van der Waals surface area contributed by atoms with Crippen LogP contribution >= 0.6 is 24.0 Å². The van der Waals surface area contributed by atoms with Crippen LogP contribution in [0.3, 0.4) is 0 Å². The van der Waals surface area contributed by atoms with Crippen molar-refractivity contribution in [3.63, 3.8) is 0 Å². The molecule has 1 saturated carbocycles. The SMILES string of the molecule is CCSC1CCCC1n1c(=S)[nH]c2cnccc21. The Labute approximate surface area is 116 Å². The Balaban J connectivity index is 2.08. The number of aromatic nitrogens is 3. The molecule has 2 aromatic rings. The predicted octanol–water partition coefficient (Wildman–Crippen LogP) is 3.94. The van der Waals surface area contributed by atoms with Crippen molar-refractivity contribution in [3.8, 4) is 0 Å². The van der Waals surface area contributed by atoms with Crippen LogP contribution in [0.25, 0.3) is 11.0 Å². The number of pyridine rings is 1. The zero-order valence-electron chi connectivity index (χ0n) is 10.4. The fourth-order valence-corrected chi connectivity index (χ4v) is 4.50. The highest BCUT2D eigenvalue weighted by atomic mass is 32.2. The number of fused-ring (bicyclic) bond motifs is 1. The molecule has 5 heteroatoms. The molecular formula is C13H17N3S2. The number of imidazole rings is 1. The summed E-state index contributed by atoms with van der Waals surface area (Å²) in [5.74, 6) is 1.18. The maximum atomic E-state index is 5.50. The lowest BCUT2D eigenvalue weighted by molar-refractivity contribution is 0.536. The van der Waals surface area contributed by atoms with E-state index in [1.165, 1.54) is 30.5 Å². The molecule has 0 aromatic carbocycles. The van der Waals surface area contributed by atoms with Crippen LogP contribution in [0.4, 0.5) is 0 Å². The average Bonchev–Trinajstić information content (AvgIpc) is 2.92. The number of hydrogen-bond donors (Lipinski definition) is 1. The first-order valence-electron chi connectivity index (χ1n) is 6.47. The quantitative estimate of drug-likeness (QED) is 0.864. The van der Waals surface area contributed by atoms with Crippen LogP contribution in [0.15, 0.2) is 18.5 Å². The van der Waals surface area contributed by atoms with Crippen LogP contribution in [-0.2, 0) is 0 Å². The molecule has 96 valence electrons. The first kappa shape index (κ1) is 12.2. The van der Waals surface area contributed by atoms with E-state index in [9.17, 15) is 0 Å². The second-order valence-corrected chi connectivity index (χ2v) is 6.59. The van der Waals surface area contributed by atoms with Crippen molar-refractivity contribution < 1.29 is 0 Å². The van der Waals surface area contributed by atoms with Gasteiger partial charge in [-0.15, -0.1) is 0 Å². The fourth-order valence-electron chi connectivity index (χ4n) is 2.92. The van der Waals surface area contributed by atoms with Crippen LogP contribution in [0.2, 0.25) is 0 Å². The molecule has 0 bridgehead atoms. The third-order valence-corrected chi connectivity index (χ3v) is 5.26. The van der Waals surface area contributed by atoms with Crippen molar-refractivity contribution in [2.45, 2.75) is 37.5 Å². The number of aromatic amines is 1. The number of nitrogens with one attached hydrogen (secondary N) is 1. The molecule has 0 amide bonds. The van der Waals surface area contributed by atoms with E-state index < -0.39 is 0 Å². The van der Waals surface area contributed by atoms with E-state index in [1.54, 1.807) is 0 Å². The van der Waals surface area contributed by atoms with Crippen LogP contribution < -0.4 is 0 Å². The summed E-state index contributed by atoms with van der Waals surface area (Å²) in [4.78, 5) is 7.43. The van der Waals surface area contributed by atoms with E-state index in [2.05, 4.69) is 39.3 Å². The van der Waals surface area contributed by atoms with Crippen molar-refractivity contribution in [1.82, 2.24) is 14.5 Å². The summed E-state index contributed by atoms with van der Waals surface area (Å²) in [6, 6.07) is 2.60. The van der Waals surface area contributed by atoms with Gasteiger partial charge in [0, 0.05) is 17.5 Å². The van der Waals surface area contributed by atoms with E-state index in [1.807, 2.05) is 12.4 Å². The Bertz CT molecular complexity index is 602. The van der Waals surface area contributed by atoms with Gasteiger partial charge in [0.1, 0.15) is 0 Å². The van der Waals surface area contributed by atoms with Crippen LogP contribution in [0.5, 0.6) is 0 Å². The molecule has 3 rings (SSSR count). The molecule has 3 nitrogen and oxygen atoms in total. The molecule has 0 saturated heterocycles. The van der Waals surface area contributed by atoms with E-state index in [-0.39, 0.29) is 0 Å². The van der Waals surface area contributed by atoms with Crippen LogP contribution in [0.1, 0.15) is 32.2 Å². The minimum Gasteiger partial charge on any atom is -0.329 e. The van der Waals surface area contributed by atoms with Crippen molar-refractivity contribution >= 4 is 35.0 Å². The van der Waals surface area contributed by atoms with Crippen molar-refractivity contribution in [3.05, 3.63) is 23.2 Å². The summed E-state index contributed by atoms with van der Waals surface area (Å²) in [5.41, 5.74) is 2.25. The highest BCUT2D eigenvalue weighted by Gasteiger charge is 2.30. The van der Waals surface area contributed by atoms with Crippen LogP contribution in [-0.4, -0.2) is 25.5 Å². The third-order valence-electron chi connectivity index (χ3n) is 3.65. The smallest absolute Gasteiger partial charge is 0.178 e. The van der Waals surface area contributed by atoms with Crippen molar-refractivity contribution in [1.29, 1.82) is 0 Å². The maximum Gasteiger partial charge on any atom is 0.178 e. The molecule has 2 heterocycles. The van der Waals surface area contributed by atoms with E-state index in [0.717, 1.165) is 10.3 Å². The number of H-pyrrole nitrogens is 1. The summed E-state index contributed by atoms with van der Waals surface area (Å²) >= 11 is 7.56. The Morgan fingerprint density at radius 1 is 1.56 bits per heavy atom. The normalized spacial score (nSPS) is 23.8. The summed E-state index contributed by atoms with van der Waals surface area (Å²) in [6.07, 6.45) is 7.56. The summed E-state index contributed by atoms with van der Waals surface area (Å²) in [6.45, 7) is 2.23. The van der Waals surface area contributed by atoms with Gasteiger partial charge in [0.2, 0.25) is 0 Å². The fraction of sp³-hybridized carbons (Fsp3) is 0.538. The molecule has 2 unspecified atom stereocenters. The Morgan fingerprint density at radius 3 is 3.28 bits per heavy atom. The molecule has 1 N–H and O–H groups in total. The molecule has 2 atom stereocenters. The zero-order valence-corrected chi connectivity index (χ0v) is 12.1. The monoisotopic (exact) mass is 279 g/mol. The predicted molar refractivity (Wildman–Crippen MR) is 79.7 cm³/mol.